The van der Waals surface area contributed by atoms with Crippen molar-refractivity contribution in [2.75, 3.05) is 5.73 Å². The number of carboxylic acid groups (broad SMARTS) is 1. The average Bonchev–Trinajstić information content (AvgIpc) is 2.43. The van der Waals surface area contributed by atoms with Crippen molar-refractivity contribution in [3.05, 3.63) is 29.8 Å². The third-order valence-corrected chi connectivity index (χ3v) is 3.42. The number of nitrogen functional groups attached to an aromatic ring is 1. The molecule has 0 aromatic heterocycles. The van der Waals surface area contributed by atoms with E-state index in [9.17, 15) is 14.4 Å². The number of anilines is 1. The fraction of sp³-hybridized carbons (Fsp3) is 0.438. The van der Waals surface area contributed by atoms with Gasteiger partial charge in [0.2, 0.25) is 5.91 Å². The Bertz CT molecular complexity index is 538. The van der Waals surface area contributed by atoms with Gasteiger partial charge in [0.25, 0.3) is 0 Å². The van der Waals surface area contributed by atoms with Crippen LogP contribution in [0.5, 0.6) is 0 Å². The number of carbonyl (C=O) groups excluding carboxylic acids is 2. The van der Waals surface area contributed by atoms with Crippen molar-refractivity contribution in [1.82, 2.24) is 5.32 Å². The lowest BCUT2D eigenvalue weighted by atomic mass is 9.87. The predicted octanol–water partition coefficient (Wildman–Crippen LogP) is 1.59. The molecule has 1 atom stereocenters. The fourth-order valence-electron chi connectivity index (χ4n) is 2.11. The van der Waals surface area contributed by atoms with Crippen molar-refractivity contribution in [3.63, 3.8) is 0 Å². The first-order valence-electron chi connectivity index (χ1n) is 7.15. The van der Waals surface area contributed by atoms with Gasteiger partial charge in [0.15, 0.2) is 0 Å². The van der Waals surface area contributed by atoms with Gasteiger partial charge in [-0.3, -0.25) is 14.4 Å². The Labute approximate surface area is 129 Å². The van der Waals surface area contributed by atoms with E-state index in [4.69, 9.17) is 10.8 Å². The van der Waals surface area contributed by atoms with E-state index in [0.29, 0.717) is 12.2 Å². The van der Waals surface area contributed by atoms with Gasteiger partial charge in [0, 0.05) is 24.6 Å². The Morgan fingerprint density at radius 1 is 1.18 bits per heavy atom. The van der Waals surface area contributed by atoms with E-state index >= 15 is 0 Å². The molecular formula is C16H22N2O4. The molecule has 6 heteroatoms. The summed E-state index contributed by atoms with van der Waals surface area (Å²) >= 11 is 0. The van der Waals surface area contributed by atoms with Crippen LogP contribution in [0.25, 0.3) is 0 Å². The molecule has 22 heavy (non-hydrogen) atoms. The number of nitrogens with one attached hydrogen (secondary N) is 1. The summed E-state index contributed by atoms with van der Waals surface area (Å²) in [5.74, 6) is -2.52. The number of carbonyl (C=O) groups is 3. The standard InChI is InChI=1S/C16H22N2O4/c1-10(2)13(14(19)8-16(21)22)7-15(20)18-9-11-3-5-12(17)6-4-11/h3-6,10,13H,7-9,17H2,1-2H3,(H,18,20)(H,21,22)/t13-/m0/s1. The minimum Gasteiger partial charge on any atom is -0.481 e. The van der Waals surface area contributed by atoms with Crippen LogP contribution >= 0.6 is 0 Å². The SMILES string of the molecule is CC(C)[C@H](CC(=O)NCc1ccc(N)cc1)C(=O)CC(=O)O. The molecule has 0 aliphatic rings. The van der Waals surface area contributed by atoms with Gasteiger partial charge in [0.1, 0.15) is 12.2 Å². The molecule has 0 bridgehead atoms. The third-order valence-electron chi connectivity index (χ3n) is 3.42. The van der Waals surface area contributed by atoms with Crippen LogP contribution in [-0.2, 0) is 20.9 Å². The van der Waals surface area contributed by atoms with Gasteiger partial charge in [-0.1, -0.05) is 26.0 Å². The number of hydrogen-bond acceptors (Lipinski definition) is 4. The highest BCUT2D eigenvalue weighted by atomic mass is 16.4. The van der Waals surface area contributed by atoms with E-state index in [1.54, 1.807) is 26.0 Å². The molecule has 1 rings (SSSR count). The second-order valence-electron chi connectivity index (χ2n) is 5.61. The number of aliphatic carboxylic acids is 1. The number of carboxylic acids is 1. The van der Waals surface area contributed by atoms with Crippen molar-refractivity contribution in [2.24, 2.45) is 11.8 Å². The van der Waals surface area contributed by atoms with Crippen molar-refractivity contribution in [2.45, 2.75) is 33.2 Å². The number of rotatable bonds is 8. The van der Waals surface area contributed by atoms with Gasteiger partial charge >= 0.3 is 5.97 Å². The van der Waals surface area contributed by atoms with E-state index in [-0.39, 0.29) is 18.2 Å². The van der Waals surface area contributed by atoms with Gasteiger partial charge in [-0.2, -0.15) is 0 Å². The molecule has 0 unspecified atom stereocenters. The largest absolute Gasteiger partial charge is 0.481 e. The fourth-order valence-corrected chi connectivity index (χ4v) is 2.11. The van der Waals surface area contributed by atoms with E-state index < -0.39 is 24.1 Å². The van der Waals surface area contributed by atoms with Crippen LogP contribution in [0, 0.1) is 11.8 Å². The van der Waals surface area contributed by atoms with Gasteiger partial charge in [-0.25, -0.2) is 0 Å². The maximum Gasteiger partial charge on any atom is 0.310 e. The number of nitrogens with two attached hydrogens (primary N) is 1. The lowest BCUT2D eigenvalue weighted by Crippen LogP contribution is -2.31. The maximum atomic E-state index is 12.0. The first kappa shape index (κ1) is 17.7. The van der Waals surface area contributed by atoms with Crippen molar-refractivity contribution in [3.8, 4) is 0 Å². The summed E-state index contributed by atoms with van der Waals surface area (Å²) in [6, 6.07) is 7.11. The minimum atomic E-state index is -1.17. The Morgan fingerprint density at radius 2 is 1.77 bits per heavy atom. The molecule has 1 aromatic carbocycles. The van der Waals surface area contributed by atoms with E-state index in [1.165, 1.54) is 0 Å². The first-order chi connectivity index (χ1) is 10.3. The van der Waals surface area contributed by atoms with Crippen LogP contribution in [0.15, 0.2) is 24.3 Å². The molecule has 0 radical (unpaired) electrons. The molecule has 0 aliphatic carbocycles. The summed E-state index contributed by atoms with van der Waals surface area (Å²) in [6.07, 6.45) is -0.549. The van der Waals surface area contributed by atoms with Crippen LogP contribution in [0.1, 0.15) is 32.3 Å². The molecule has 0 saturated carbocycles. The van der Waals surface area contributed by atoms with Crippen molar-refractivity contribution < 1.29 is 19.5 Å². The number of hydrogen-bond donors (Lipinski definition) is 3. The molecule has 1 amide bonds. The Balaban J connectivity index is 2.54. The van der Waals surface area contributed by atoms with Crippen LogP contribution in [0.3, 0.4) is 0 Å². The first-order valence-corrected chi connectivity index (χ1v) is 7.15. The normalized spacial score (nSPS) is 12.0. The van der Waals surface area contributed by atoms with Crippen LogP contribution in [0.2, 0.25) is 0 Å². The zero-order valence-electron chi connectivity index (χ0n) is 12.8. The van der Waals surface area contributed by atoms with E-state index in [1.807, 2.05) is 12.1 Å². The second-order valence-corrected chi connectivity index (χ2v) is 5.61. The van der Waals surface area contributed by atoms with Gasteiger partial charge in [0.05, 0.1) is 0 Å². The maximum absolute atomic E-state index is 12.0. The van der Waals surface area contributed by atoms with Crippen molar-refractivity contribution >= 4 is 23.3 Å². The highest BCUT2D eigenvalue weighted by Crippen LogP contribution is 2.18. The summed E-state index contributed by atoms with van der Waals surface area (Å²) in [5.41, 5.74) is 7.13. The lowest BCUT2D eigenvalue weighted by molar-refractivity contribution is -0.142. The van der Waals surface area contributed by atoms with Gasteiger partial charge < -0.3 is 16.2 Å². The Kier molecular flexibility index (Phi) is 6.56. The number of benzene rings is 1. The summed E-state index contributed by atoms with van der Waals surface area (Å²) in [6.45, 7) is 3.95. The van der Waals surface area contributed by atoms with E-state index in [2.05, 4.69) is 5.32 Å². The van der Waals surface area contributed by atoms with Crippen molar-refractivity contribution in [1.29, 1.82) is 0 Å². The monoisotopic (exact) mass is 306 g/mol. The zero-order valence-corrected chi connectivity index (χ0v) is 12.8. The lowest BCUT2D eigenvalue weighted by Gasteiger charge is -2.18. The van der Waals surface area contributed by atoms with Crippen LogP contribution < -0.4 is 11.1 Å². The average molecular weight is 306 g/mol. The minimum absolute atomic E-state index is 0.00124. The molecule has 0 heterocycles. The van der Waals surface area contributed by atoms with Gasteiger partial charge in [-0.15, -0.1) is 0 Å². The predicted molar refractivity (Wildman–Crippen MR) is 82.9 cm³/mol. The zero-order chi connectivity index (χ0) is 16.7. The molecule has 6 nitrogen and oxygen atoms in total. The second kappa shape index (κ2) is 8.17. The molecule has 1 aromatic rings. The quantitative estimate of drug-likeness (QED) is 0.499. The highest BCUT2D eigenvalue weighted by Gasteiger charge is 2.26. The van der Waals surface area contributed by atoms with E-state index in [0.717, 1.165) is 5.56 Å². The summed E-state index contributed by atoms with van der Waals surface area (Å²) in [5, 5.41) is 11.4. The van der Waals surface area contributed by atoms with Crippen LogP contribution in [-0.4, -0.2) is 22.8 Å². The number of Topliss-reactive ketones (excluding diaryl/α,β-unsaturated/α-hetero) is 1. The highest BCUT2D eigenvalue weighted by molar-refractivity contribution is 5.97. The number of ketones is 1. The van der Waals surface area contributed by atoms with Gasteiger partial charge in [-0.05, 0) is 23.6 Å². The smallest absolute Gasteiger partial charge is 0.310 e. The third kappa shape index (κ3) is 5.95. The molecule has 4 N–H and O–H groups in total. The Hall–Kier alpha value is -2.37. The molecule has 0 spiro atoms. The molecule has 0 fully saturated rings. The topological polar surface area (TPSA) is 109 Å². The Morgan fingerprint density at radius 3 is 2.27 bits per heavy atom. The summed E-state index contributed by atoms with van der Waals surface area (Å²) < 4.78 is 0. The van der Waals surface area contributed by atoms with Crippen LogP contribution in [0.4, 0.5) is 5.69 Å². The molecular weight excluding hydrogens is 284 g/mol. The summed E-state index contributed by atoms with van der Waals surface area (Å²) in [7, 11) is 0. The number of amides is 1. The summed E-state index contributed by atoms with van der Waals surface area (Å²) in [4.78, 5) is 34.4. The molecule has 0 saturated heterocycles. The molecule has 120 valence electrons. The molecule has 0 aliphatic heterocycles.